The summed E-state index contributed by atoms with van der Waals surface area (Å²) < 4.78 is 0. The zero-order valence-corrected chi connectivity index (χ0v) is 6.57. The van der Waals surface area contributed by atoms with Gasteiger partial charge in [0.25, 0.3) is 0 Å². The fourth-order valence-corrected chi connectivity index (χ4v) is 0.861. The number of nitrogens with zero attached hydrogens (tertiary/aromatic N) is 1. The van der Waals surface area contributed by atoms with Crippen LogP contribution in [0.25, 0.3) is 0 Å². The highest BCUT2D eigenvalue weighted by molar-refractivity contribution is 5.82. The minimum absolute atomic E-state index is 0.965. The number of nitrogens with one attached hydrogen (secondary N) is 1. The molecule has 4 heteroatoms. The Kier molecular flexibility index (Phi) is 2.84. The average Bonchev–Trinajstić information content (AvgIpc) is 2.09. The quantitative estimate of drug-likeness (QED) is 0.277. The lowest BCUT2D eigenvalue weighted by atomic mass is 10.2. The Hall–Kier alpha value is -1.84. The molecule has 0 heterocycles. The second-order valence-corrected chi connectivity index (χ2v) is 2.26. The summed E-state index contributed by atoms with van der Waals surface area (Å²) in [7, 11) is 0. The Labute approximate surface area is 70.6 Å². The lowest BCUT2D eigenvalue weighted by Crippen LogP contribution is -2.76. The van der Waals surface area contributed by atoms with Crippen molar-refractivity contribution < 1.29 is 5.10 Å². The van der Waals surface area contributed by atoms with Crippen LogP contribution in [0.15, 0.2) is 29.4 Å². The van der Waals surface area contributed by atoms with Gasteiger partial charge in [0.05, 0.1) is 6.21 Å². The van der Waals surface area contributed by atoms with Crippen molar-refractivity contribution in [3.63, 3.8) is 0 Å². The smallest absolute Gasteiger partial charge is 0.197 e. The van der Waals surface area contributed by atoms with E-state index in [1.54, 1.807) is 12.4 Å². The van der Waals surface area contributed by atoms with Crippen molar-refractivity contribution in [1.82, 2.24) is 0 Å². The molecule has 0 spiro atoms. The molecule has 1 aromatic carbocycles. The van der Waals surface area contributed by atoms with Crippen molar-refractivity contribution >= 4 is 12.4 Å². The van der Waals surface area contributed by atoms with E-state index in [2.05, 4.69) is 10.2 Å². The van der Waals surface area contributed by atoms with E-state index >= 15 is 0 Å². The summed E-state index contributed by atoms with van der Waals surface area (Å²) in [4.78, 5) is 0. The Morgan fingerprint density at radius 1 is 1.17 bits per heavy atom. The van der Waals surface area contributed by atoms with Gasteiger partial charge in [-0.3, -0.25) is 0 Å². The lowest BCUT2D eigenvalue weighted by molar-refractivity contribution is -0.463. The largest absolute Gasteiger partial charge is 0.323 e. The number of benzene rings is 1. The molecule has 0 aliphatic heterocycles. The van der Waals surface area contributed by atoms with Crippen molar-refractivity contribution in [3.05, 3.63) is 35.4 Å². The normalized spacial score (nSPS) is 11.3. The number of hydrogen-bond donors (Lipinski definition) is 3. The molecule has 0 atom stereocenters. The van der Waals surface area contributed by atoms with E-state index in [-0.39, 0.29) is 0 Å². The molecule has 4 nitrogen and oxygen atoms in total. The van der Waals surface area contributed by atoms with Gasteiger partial charge in [-0.05, 0) is 17.7 Å². The van der Waals surface area contributed by atoms with Crippen LogP contribution in [0.3, 0.4) is 0 Å². The zero-order valence-electron chi connectivity index (χ0n) is 6.57. The molecule has 0 unspecified atom stereocenters. The van der Waals surface area contributed by atoms with Crippen LogP contribution in [-0.4, -0.2) is 12.4 Å². The number of hydrazone groups is 2. The standard InChI is InChI=1S/C8H10N4/c9-11-5-7-1-2-8(4-3-7)6-12-10/h1-6H,9-10H2/p+1. The lowest BCUT2D eigenvalue weighted by Gasteiger charge is -1.90. The molecule has 62 valence electrons. The molecule has 1 rings (SSSR count). The van der Waals surface area contributed by atoms with Gasteiger partial charge in [-0.2, -0.15) is 5.10 Å². The maximum absolute atomic E-state index is 5.11. The van der Waals surface area contributed by atoms with E-state index in [1.807, 2.05) is 24.3 Å². The first-order valence-electron chi connectivity index (χ1n) is 3.49. The summed E-state index contributed by atoms with van der Waals surface area (Å²) in [5, 5.41) is 5.86. The maximum Gasteiger partial charge on any atom is 0.197 e. The minimum atomic E-state index is 0.965. The highest BCUT2D eigenvalue weighted by Crippen LogP contribution is 1.98. The van der Waals surface area contributed by atoms with Gasteiger partial charge in [0.2, 0.25) is 0 Å². The van der Waals surface area contributed by atoms with Gasteiger partial charge in [-0.25, -0.2) is 5.84 Å². The second kappa shape index (κ2) is 4.12. The first-order chi connectivity index (χ1) is 5.86. The molecule has 0 radical (unpaired) electrons. The van der Waals surface area contributed by atoms with E-state index in [0.29, 0.717) is 0 Å². The van der Waals surface area contributed by atoms with Gasteiger partial charge in [-0.1, -0.05) is 12.1 Å². The van der Waals surface area contributed by atoms with Crippen molar-refractivity contribution in [3.8, 4) is 0 Å². The van der Waals surface area contributed by atoms with Gasteiger partial charge in [0.15, 0.2) is 6.21 Å². The molecule has 0 aliphatic rings. The van der Waals surface area contributed by atoms with Crippen molar-refractivity contribution in [2.24, 2.45) is 16.8 Å². The second-order valence-electron chi connectivity index (χ2n) is 2.26. The summed E-state index contributed by atoms with van der Waals surface area (Å²) >= 11 is 0. The first kappa shape index (κ1) is 8.26. The van der Waals surface area contributed by atoms with Gasteiger partial charge in [0.1, 0.15) is 0 Å². The van der Waals surface area contributed by atoms with Crippen molar-refractivity contribution in [1.29, 1.82) is 0 Å². The Morgan fingerprint density at radius 3 is 2.25 bits per heavy atom. The topological polar surface area (TPSA) is 78.4 Å². The van der Waals surface area contributed by atoms with Crippen LogP contribution in [-0.2, 0) is 0 Å². The van der Waals surface area contributed by atoms with E-state index < -0.39 is 0 Å². The third-order valence-corrected chi connectivity index (χ3v) is 1.41. The molecule has 0 bridgehead atoms. The monoisotopic (exact) mass is 163 g/mol. The van der Waals surface area contributed by atoms with Crippen LogP contribution in [0.4, 0.5) is 0 Å². The van der Waals surface area contributed by atoms with E-state index in [0.717, 1.165) is 11.1 Å². The maximum atomic E-state index is 5.11. The van der Waals surface area contributed by atoms with Crippen LogP contribution < -0.4 is 16.8 Å². The Bertz CT molecular complexity index is 255. The number of rotatable bonds is 2. The highest BCUT2D eigenvalue weighted by atomic mass is 15.1. The Balaban J connectivity index is 2.85. The SMILES string of the molecule is NN=Cc1ccc(C=[NH+]N)cc1. The van der Waals surface area contributed by atoms with Crippen LogP contribution in [0.5, 0.6) is 0 Å². The molecule has 0 saturated carbocycles. The number of nitrogens with two attached hydrogens (primary N) is 2. The highest BCUT2D eigenvalue weighted by Gasteiger charge is 1.90. The zero-order chi connectivity index (χ0) is 8.81. The van der Waals surface area contributed by atoms with Crippen LogP contribution in [0.2, 0.25) is 0 Å². The van der Waals surface area contributed by atoms with Crippen LogP contribution in [0, 0.1) is 0 Å². The van der Waals surface area contributed by atoms with Gasteiger partial charge < -0.3 is 5.84 Å². The summed E-state index contributed by atoms with van der Waals surface area (Å²) in [5.41, 5.74) is 1.97. The molecule has 0 saturated heterocycles. The third-order valence-electron chi connectivity index (χ3n) is 1.41. The van der Waals surface area contributed by atoms with Gasteiger partial charge in [-0.15, -0.1) is 5.10 Å². The molecule has 1 aromatic rings. The summed E-state index contributed by atoms with van der Waals surface area (Å²) in [5.74, 6) is 10.1. The summed E-state index contributed by atoms with van der Waals surface area (Å²) in [6, 6.07) is 7.63. The summed E-state index contributed by atoms with van der Waals surface area (Å²) in [6.07, 6.45) is 3.28. The van der Waals surface area contributed by atoms with Gasteiger partial charge in [0, 0.05) is 5.56 Å². The van der Waals surface area contributed by atoms with E-state index in [4.69, 9.17) is 11.7 Å². The summed E-state index contributed by atoms with van der Waals surface area (Å²) in [6.45, 7) is 0. The van der Waals surface area contributed by atoms with Crippen LogP contribution >= 0.6 is 0 Å². The Morgan fingerprint density at radius 2 is 1.75 bits per heavy atom. The average molecular weight is 163 g/mol. The van der Waals surface area contributed by atoms with E-state index in [9.17, 15) is 0 Å². The third kappa shape index (κ3) is 2.09. The fraction of sp³-hybridized carbons (Fsp3) is 0. The molecule has 12 heavy (non-hydrogen) atoms. The molecule has 5 N–H and O–H groups in total. The van der Waals surface area contributed by atoms with E-state index in [1.165, 1.54) is 0 Å². The molecular weight excluding hydrogens is 152 g/mol. The number of hydrogen-bond acceptors (Lipinski definition) is 3. The molecule has 0 aliphatic carbocycles. The molecule has 0 amide bonds. The predicted molar refractivity (Wildman–Crippen MR) is 48.5 cm³/mol. The number of hydrazine groups is 1. The molecule has 0 fully saturated rings. The predicted octanol–water partition coefficient (Wildman–Crippen LogP) is -1.65. The fourth-order valence-electron chi connectivity index (χ4n) is 0.861. The van der Waals surface area contributed by atoms with Crippen molar-refractivity contribution in [2.75, 3.05) is 0 Å². The van der Waals surface area contributed by atoms with Crippen molar-refractivity contribution in [2.45, 2.75) is 0 Å². The van der Waals surface area contributed by atoms with Gasteiger partial charge >= 0.3 is 0 Å². The first-order valence-corrected chi connectivity index (χ1v) is 3.49. The van der Waals surface area contributed by atoms with Crippen LogP contribution in [0.1, 0.15) is 11.1 Å². The molecule has 0 aromatic heterocycles. The molecular formula is C8H11N4+. The minimum Gasteiger partial charge on any atom is -0.323 e.